The normalized spacial score (nSPS) is 23.5. The molecule has 41 heavy (non-hydrogen) atoms. The second kappa shape index (κ2) is 9.09. The van der Waals surface area contributed by atoms with Crippen LogP contribution < -0.4 is 5.32 Å². The summed E-state index contributed by atoms with van der Waals surface area (Å²) in [6.07, 6.45) is 3.69. The standard InChI is InChI=1S/C33H23N3O5/c37-29(21-9-2-1-3-10-21)27-28(30(38)22-14-16-23(17-15-22)36(40)41)35-19-18-20-8-4-5-11-24(20)31(35)33(27)25-12-6-7-13-26(25)34-32(33)39/h1-19,27-28,31H,(H,34,39)/t27-,28+,31+,33+/m0/s1. The summed E-state index contributed by atoms with van der Waals surface area (Å²) in [4.78, 5) is 56.1. The Kier molecular flexibility index (Phi) is 5.47. The Hall–Kier alpha value is -5.37. The van der Waals surface area contributed by atoms with Gasteiger partial charge in [-0.3, -0.25) is 24.5 Å². The zero-order chi connectivity index (χ0) is 28.3. The second-order valence-electron chi connectivity index (χ2n) is 10.5. The van der Waals surface area contributed by atoms with Crippen LogP contribution in [0.2, 0.25) is 0 Å². The third kappa shape index (κ3) is 3.43. The van der Waals surface area contributed by atoms with E-state index in [1.807, 2.05) is 59.5 Å². The summed E-state index contributed by atoms with van der Waals surface area (Å²) >= 11 is 0. The Morgan fingerprint density at radius 3 is 2.22 bits per heavy atom. The summed E-state index contributed by atoms with van der Waals surface area (Å²) in [5, 5.41) is 14.3. The third-order valence-electron chi connectivity index (χ3n) is 8.54. The fourth-order valence-electron chi connectivity index (χ4n) is 6.87. The lowest BCUT2D eigenvalue weighted by Gasteiger charge is -2.38. The lowest BCUT2D eigenvalue weighted by molar-refractivity contribution is -0.384. The van der Waals surface area contributed by atoms with Crippen LogP contribution in [-0.4, -0.2) is 33.3 Å². The number of Topliss-reactive ketones (excluding diaryl/α,β-unsaturated/α-hetero) is 2. The van der Waals surface area contributed by atoms with Crippen LogP contribution in [0, 0.1) is 16.0 Å². The second-order valence-corrected chi connectivity index (χ2v) is 10.5. The van der Waals surface area contributed by atoms with Crippen molar-refractivity contribution >= 4 is 34.9 Å². The van der Waals surface area contributed by atoms with E-state index < -0.39 is 34.1 Å². The first-order valence-corrected chi connectivity index (χ1v) is 13.3. The van der Waals surface area contributed by atoms with E-state index in [2.05, 4.69) is 5.32 Å². The van der Waals surface area contributed by atoms with E-state index in [1.165, 1.54) is 24.3 Å². The molecule has 8 heteroatoms. The molecule has 0 saturated carbocycles. The molecule has 0 radical (unpaired) electrons. The van der Waals surface area contributed by atoms with Gasteiger partial charge in [0, 0.05) is 35.1 Å². The van der Waals surface area contributed by atoms with Crippen LogP contribution in [0.4, 0.5) is 11.4 Å². The predicted octanol–water partition coefficient (Wildman–Crippen LogP) is 5.58. The van der Waals surface area contributed by atoms with Crippen LogP contribution in [0.15, 0.2) is 109 Å². The third-order valence-corrected chi connectivity index (χ3v) is 8.54. The summed E-state index contributed by atoms with van der Waals surface area (Å²) in [5.74, 6) is -2.15. The van der Waals surface area contributed by atoms with Gasteiger partial charge in [0.1, 0.15) is 11.5 Å². The fourth-order valence-corrected chi connectivity index (χ4v) is 6.87. The van der Waals surface area contributed by atoms with E-state index in [1.54, 1.807) is 36.5 Å². The Bertz CT molecular complexity index is 1780. The Morgan fingerprint density at radius 2 is 1.46 bits per heavy atom. The summed E-state index contributed by atoms with van der Waals surface area (Å²) in [5.41, 5.74) is 2.07. The lowest BCUT2D eigenvalue weighted by atomic mass is 9.62. The number of nitrogens with one attached hydrogen (secondary N) is 1. The molecule has 1 spiro atoms. The van der Waals surface area contributed by atoms with Gasteiger partial charge in [0.15, 0.2) is 11.6 Å². The first-order valence-electron chi connectivity index (χ1n) is 13.3. The Balaban J connectivity index is 1.51. The van der Waals surface area contributed by atoms with Gasteiger partial charge in [0.2, 0.25) is 5.91 Å². The average molecular weight is 542 g/mol. The van der Waals surface area contributed by atoms with E-state index in [0.29, 0.717) is 16.8 Å². The van der Waals surface area contributed by atoms with Gasteiger partial charge < -0.3 is 10.2 Å². The SMILES string of the molecule is O=C(c1ccccc1)[C@@H]1[C@H](C(=O)c2ccc([N+](=O)[O-])cc2)N2C=Cc3ccccc3[C@@H]2[C@]12C(=O)Nc1ccccc12. The molecule has 3 heterocycles. The number of fused-ring (bicyclic) bond motifs is 6. The van der Waals surface area contributed by atoms with E-state index in [0.717, 1.165) is 11.1 Å². The molecule has 0 bridgehead atoms. The summed E-state index contributed by atoms with van der Waals surface area (Å²) in [6.45, 7) is 0. The number of amides is 1. The quantitative estimate of drug-likeness (QED) is 0.201. The molecule has 1 saturated heterocycles. The number of anilines is 1. The van der Waals surface area contributed by atoms with Gasteiger partial charge in [-0.15, -0.1) is 0 Å². The smallest absolute Gasteiger partial charge is 0.269 e. The number of hydrogen-bond acceptors (Lipinski definition) is 6. The van der Waals surface area contributed by atoms with Gasteiger partial charge >= 0.3 is 0 Å². The summed E-state index contributed by atoms with van der Waals surface area (Å²) in [6, 6.07) is 27.4. The number of carbonyl (C=O) groups is 3. The van der Waals surface area contributed by atoms with Gasteiger partial charge in [0.05, 0.1) is 16.9 Å². The number of nitro groups is 1. The van der Waals surface area contributed by atoms with Gasteiger partial charge in [-0.2, -0.15) is 0 Å². The van der Waals surface area contributed by atoms with Gasteiger partial charge in [-0.25, -0.2) is 0 Å². The number of rotatable bonds is 5. The molecule has 4 aromatic carbocycles. The molecule has 1 N–H and O–H groups in total. The molecular formula is C33H23N3O5. The van der Waals surface area contributed by atoms with Crippen LogP contribution in [0.5, 0.6) is 0 Å². The highest BCUT2D eigenvalue weighted by molar-refractivity contribution is 6.16. The van der Waals surface area contributed by atoms with Crippen LogP contribution >= 0.6 is 0 Å². The summed E-state index contributed by atoms with van der Waals surface area (Å²) < 4.78 is 0. The first kappa shape index (κ1) is 24.7. The molecule has 1 amide bonds. The van der Waals surface area contributed by atoms with Crippen molar-refractivity contribution in [2.45, 2.75) is 17.5 Å². The van der Waals surface area contributed by atoms with Crippen molar-refractivity contribution in [3.63, 3.8) is 0 Å². The van der Waals surface area contributed by atoms with Crippen LogP contribution in [0.25, 0.3) is 6.08 Å². The molecule has 0 aliphatic carbocycles. The number of nitro benzene ring substituents is 1. The molecule has 200 valence electrons. The van der Waals surface area contributed by atoms with Gasteiger partial charge in [-0.1, -0.05) is 72.8 Å². The van der Waals surface area contributed by atoms with Crippen molar-refractivity contribution in [2.75, 3.05) is 5.32 Å². The molecule has 0 aromatic heterocycles. The topological polar surface area (TPSA) is 110 Å². The van der Waals surface area contributed by atoms with E-state index >= 15 is 0 Å². The lowest BCUT2D eigenvalue weighted by Crippen LogP contribution is -2.49. The Labute approximate surface area is 235 Å². The highest BCUT2D eigenvalue weighted by Crippen LogP contribution is 2.62. The molecule has 3 aliphatic rings. The van der Waals surface area contributed by atoms with Gasteiger partial charge in [-0.05, 0) is 41.0 Å². The average Bonchev–Trinajstić information content (AvgIpc) is 3.49. The maximum absolute atomic E-state index is 14.6. The minimum absolute atomic E-state index is 0.143. The van der Waals surface area contributed by atoms with Crippen molar-refractivity contribution in [3.8, 4) is 0 Å². The molecule has 8 nitrogen and oxygen atoms in total. The number of nitrogens with zero attached hydrogens (tertiary/aromatic N) is 2. The molecule has 4 atom stereocenters. The van der Waals surface area contributed by atoms with Crippen molar-refractivity contribution < 1.29 is 19.3 Å². The predicted molar refractivity (Wildman–Crippen MR) is 152 cm³/mol. The monoisotopic (exact) mass is 541 g/mol. The summed E-state index contributed by atoms with van der Waals surface area (Å²) in [7, 11) is 0. The zero-order valence-corrected chi connectivity index (χ0v) is 21.6. The minimum atomic E-state index is -1.43. The van der Waals surface area contributed by atoms with Crippen LogP contribution in [-0.2, 0) is 10.2 Å². The van der Waals surface area contributed by atoms with Crippen molar-refractivity contribution in [2.24, 2.45) is 5.92 Å². The number of benzene rings is 4. The number of carbonyl (C=O) groups excluding carboxylic acids is 3. The molecule has 1 fully saturated rings. The highest BCUT2D eigenvalue weighted by Gasteiger charge is 2.70. The molecule has 0 unspecified atom stereocenters. The maximum atomic E-state index is 14.6. The number of non-ortho nitro benzene ring substituents is 1. The first-order chi connectivity index (χ1) is 19.9. The molecule has 3 aliphatic heterocycles. The van der Waals surface area contributed by atoms with Gasteiger partial charge in [0.25, 0.3) is 5.69 Å². The van der Waals surface area contributed by atoms with Crippen molar-refractivity contribution in [1.29, 1.82) is 0 Å². The van der Waals surface area contributed by atoms with E-state index in [-0.39, 0.29) is 22.9 Å². The van der Waals surface area contributed by atoms with Crippen LogP contribution in [0.1, 0.15) is 43.4 Å². The van der Waals surface area contributed by atoms with Crippen molar-refractivity contribution in [1.82, 2.24) is 4.90 Å². The number of hydrogen-bond donors (Lipinski definition) is 1. The Morgan fingerprint density at radius 1 is 0.805 bits per heavy atom. The molecule has 7 rings (SSSR count). The molecular weight excluding hydrogens is 518 g/mol. The minimum Gasteiger partial charge on any atom is -0.358 e. The van der Waals surface area contributed by atoms with E-state index in [9.17, 15) is 24.5 Å². The zero-order valence-electron chi connectivity index (χ0n) is 21.6. The number of ketones is 2. The maximum Gasteiger partial charge on any atom is 0.269 e. The van der Waals surface area contributed by atoms with E-state index in [4.69, 9.17) is 0 Å². The van der Waals surface area contributed by atoms with Crippen LogP contribution in [0.3, 0.4) is 0 Å². The van der Waals surface area contributed by atoms with Crippen molar-refractivity contribution in [3.05, 3.63) is 147 Å². The molecule has 4 aromatic rings. The highest BCUT2D eigenvalue weighted by atomic mass is 16.6. The number of para-hydroxylation sites is 1. The largest absolute Gasteiger partial charge is 0.358 e. The fraction of sp³-hybridized carbons (Fsp3) is 0.121.